The van der Waals surface area contributed by atoms with Crippen LogP contribution in [0.5, 0.6) is 5.75 Å². The molecule has 6 heteroatoms. The van der Waals surface area contributed by atoms with Gasteiger partial charge in [0.25, 0.3) is 5.91 Å². The second-order valence-corrected chi connectivity index (χ2v) is 4.78. The zero-order valence-electron chi connectivity index (χ0n) is 12.1. The van der Waals surface area contributed by atoms with Gasteiger partial charge in [0.15, 0.2) is 0 Å². The van der Waals surface area contributed by atoms with Crippen LogP contribution in [0.3, 0.4) is 0 Å². The fraction of sp³-hybridized carbons (Fsp3) is 0. The van der Waals surface area contributed by atoms with Gasteiger partial charge in [-0.05, 0) is 29.8 Å². The summed E-state index contributed by atoms with van der Waals surface area (Å²) in [5.41, 5.74) is 4.39. The Bertz CT molecular complexity index is 824. The van der Waals surface area contributed by atoms with Gasteiger partial charge in [-0.2, -0.15) is 5.10 Å². The van der Waals surface area contributed by atoms with Crippen molar-refractivity contribution >= 4 is 12.1 Å². The number of imidazole rings is 1. The number of rotatable bonds is 4. The largest absolute Gasteiger partial charge is 0.507 e. The van der Waals surface area contributed by atoms with Gasteiger partial charge in [0.2, 0.25) is 0 Å². The first kappa shape index (κ1) is 14.5. The molecule has 0 bridgehead atoms. The average Bonchev–Trinajstić information content (AvgIpc) is 3.10. The molecule has 3 aromatic rings. The van der Waals surface area contributed by atoms with Gasteiger partial charge in [0.05, 0.1) is 18.1 Å². The number of hydrazone groups is 1. The quantitative estimate of drug-likeness (QED) is 0.573. The van der Waals surface area contributed by atoms with Crippen LogP contribution >= 0.6 is 0 Å². The van der Waals surface area contributed by atoms with E-state index in [4.69, 9.17) is 0 Å². The van der Waals surface area contributed by atoms with E-state index < -0.39 is 5.91 Å². The summed E-state index contributed by atoms with van der Waals surface area (Å²) in [6.07, 6.45) is 6.82. The number of aromatic nitrogens is 2. The van der Waals surface area contributed by atoms with E-state index in [0.29, 0.717) is 0 Å². The number of hydrogen-bond donors (Lipinski definition) is 2. The van der Waals surface area contributed by atoms with Crippen LogP contribution in [0.15, 0.2) is 72.4 Å². The lowest BCUT2D eigenvalue weighted by atomic mass is 10.2. The van der Waals surface area contributed by atoms with Gasteiger partial charge in [0.1, 0.15) is 5.75 Å². The highest BCUT2D eigenvalue weighted by Crippen LogP contribution is 2.14. The number of benzene rings is 2. The van der Waals surface area contributed by atoms with Gasteiger partial charge in [0, 0.05) is 18.1 Å². The van der Waals surface area contributed by atoms with Crippen molar-refractivity contribution in [3.63, 3.8) is 0 Å². The number of carbonyl (C=O) groups is 1. The Hall–Kier alpha value is -3.41. The van der Waals surface area contributed by atoms with Crippen LogP contribution in [0.25, 0.3) is 5.69 Å². The van der Waals surface area contributed by atoms with Gasteiger partial charge < -0.3 is 9.67 Å². The Labute approximate surface area is 132 Å². The maximum Gasteiger partial charge on any atom is 0.275 e. The molecular formula is C17H14N4O2. The zero-order chi connectivity index (χ0) is 16.1. The highest BCUT2D eigenvalue weighted by Gasteiger charge is 2.08. The molecule has 0 spiro atoms. The number of amides is 1. The van der Waals surface area contributed by atoms with Gasteiger partial charge in [-0.3, -0.25) is 4.79 Å². The summed E-state index contributed by atoms with van der Waals surface area (Å²) in [6.45, 7) is 0. The van der Waals surface area contributed by atoms with E-state index in [0.717, 1.165) is 11.3 Å². The summed E-state index contributed by atoms with van der Waals surface area (Å²) < 4.78 is 1.89. The topological polar surface area (TPSA) is 79.5 Å². The molecule has 0 atom stereocenters. The Morgan fingerprint density at radius 2 is 1.96 bits per heavy atom. The normalized spacial score (nSPS) is 10.8. The lowest BCUT2D eigenvalue weighted by Gasteiger charge is -2.03. The third-order valence-electron chi connectivity index (χ3n) is 3.22. The predicted molar refractivity (Wildman–Crippen MR) is 86.7 cm³/mol. The van der Waals surface area contributed by atoms with Crippen LogP contribution < -0.4 is 5.43 Å². The van der Waals surface area contributed by atoms with Crippen molar-refractivity contribution in [1.29, 1.82) is 0 Å². The third-order valence-corrected chi connectivity index (χ3v) is 3.22. The highest BCUT2D eigenvalue weighted by atomic mass is 16.3. The molecule has 1 amide bonds. The van der Waals surface area contributed by atoms with E-state index in [2.05, 4.69) is 15.5 Å². The van der Waals surface area contributed by atoms with Gasteiger partial charge in [-0.25, -0.2) is 10.4 Å². The number of phenolic OH excluding ortho intramolecular Hbond substituents is 1. The summed E-state index contributed by atoms with van der Waals surface area (Å²) >= 11 is 0. The summed E-state index contributed by atoms with van der Waals surface area (Å²) in [6, 6.07) is 13.9. The van der Waals surface area contributed by atoms with Crippen molar-refractivity contribution in [3.8, 4) is 11.4 Å². The molecule has 0 fully saturated rings. The van der Waals surface area contributed by atoms with Crippen LogP contribution in [0, 0.1) is 0 Å². The van der Waals surface area contributed by atoms with Crippen molar-refractivity contribution in [2.75, 3.05) is 0 Å². The zero-order valence-corrected chi connectivity index (χ0v) is 12.1. The molecule has 0 aliphatic carbocycles. The van der Waals surface area contributed by atoms with Crippen LogP contribution in [0.2, 0.25) is 0 Å². The first-order chi connectivity index (χ1) is 11.2. The third kappa shape index (κ3) is 3.44. The fourth-order valence-corrected chi connectivity index (χ4v) is 2.04. The van der Waals surface area contributed by atoms with E-state index >= 15 is 0 Å². The molecule has 2 N–H and O–H groups in total. The van der Waals surface area contributed by atoms with Crippen LogP contribution in [0.1, 0.15) is 15.9 Å². The van der Waals surface area contributed by atoms with E-state index in [1.807, 2.05) is 35.0 Å². The molecule has 2 aromatic carbocycles. The molecule has 0 saturated carbocycles. The number of phenols is 1. The Balaban J connectivity index is 1.64. The average molecular weight is 306 g/mol. The lowest BCUT2D eigenvalue weighted by Crippen LogP contribution is -2.17. The molecule has 0 aliphatic heterocycles. The van der Waals surface area contributed by atoms with E-state index in [9.17, 15) is 9.90 Å². The molecule has 3 rings (SSSR count). The molecule has 0 aliphatic rings. The number of aromatic hydroxyl groups is 1. The van der Waals surface area contributed by atoms with Crippen molar-refractivity contribution in [2.45, 2.75) is 0 Å². The lowest BCUT2D eigenvalue weighted by molar-refractivity contribution is 0.0952. The Morgan fingerprint density at radius 3 is 2.65 bits per heavy atom. The number of carbonyl (C=O) groups excluding carboxylic acids is 1. The first-order valence-electron chi connectivity index (χ1n) is 6.94. The summed E-state index contributed by atoms with van der Waals surface area (Å²) in [5.74, 6) is -0.542. The molecule has 0 unspecified atom stereocenters. The second kappa shape index (κ2) is 6.57. The fourth-order valence-electron chi connectivity index (χ4n) is 2.04. The molecule has 1 heterocycles. The number of nitrogens with zero attached hydrogens (tertiary/aromatic N) is 3. The maximum absolute atomic E-state index is 11.9. The summed E-state index contributed by atoms with van der Waals surface area (Å²) in [4.78, 5) is 15.9. The molecule has 6 nitrogen and oxygen atoms in total. The first-order valence-corrected chi connectivity index (χ1v) is 6.94. The highest BCUT2D eigenvalue weighted by molar-refractivity contribution is 5.97. The Morgan fingerprint density at radius 1 is 1.17 bits per heavy atom. The predicted octanol–water partition coefficient (Wildman–Crippen LogP) is 2.34. The minimum absolute atomic E-state index is 0.0788. The summed E-state index contributed by atoms with van der Waals surface area (Å²) in [7, 11) is 0. The van der Waals surface area contributed by atoms with Crippen LogP contribution in [0.4, 0.5) is 0 Å². The minimum atomic E-state index is -0.464. The minimum Gasteiger partial charge on any atom is -0.507 e. The van der Waals surface area contributed by atoms with Crippen molar-refractivity contribution in [3.05, 3.63) is 78.4 Å². The van der Waals surface area contributed by atoms with Gasteiger partial charge in [-0.15, -0.1) is 0 Å². The molecule has 114 valence electrons. The van der Waals surface area contributed by atoms with E-state index in [1.165, 1.54) is 18.3 Å². The van der Waals surface area contributed by atoms with Crippen LogP contribution in [-0.2, 0) is 0 Å². The summed E-state index contributed by atoms with van der Waals surface area (Å²) in [5, 5.41) is 13.5. The number of nitrogens with one attached hydrogen (secondary N) is 1. The molecular weight excluding hydrogens is 292 g/mol. The van der Waals surface area contributed by atoms with Gasteiger partial charge >= 0.3 is 0 Å². The molecule has 0 radical (unpaired) electrons. The SMILES string of the molecule is O=C(N/N=C/c1ccc(-n2ccnc2)cc1)c1ccccc1O. The number of hydrogen-bond acceptors (Lipinski definition) is 4. The van der Waals surface area contributed by atoms with Crippen molar-refractivity contribution < 1.29 is 9.90 Å². The van der Waals surface area contributed by atoms with E-state index in [1.54, 1.807) is 24.7 Å². The Kier molecular flexibility index (Phi) is 4.15. The van der Waals surface area contributed by atoms with Crippen molar-refractivity contribution in [2.24, 2.45) is 5.10 Å². The van der Waals surface area contributed by atoms with Crippen molar-refractivity contribution in [1.82, 2.24) is 15.0 Å². The van der Waals surface area contributed by atoms with E-state index in [-0.39, 0.29) is 11.3 Å². The molecule has 23 heavy (non-hydrogen) atoms. The van der Waals surface area contributed by atoms with Gasteiger partial charge in [-0.1, -0.05) is 24.3 Å². The standard InChI is InChI=1S/C17H14N4O2/c22-16-4-2-1-3-15(16)17(23)20-19-11-13-5-7-14(8-6-13)21-10-9-18-12-21/h1-12,22H,(H,20,23)/b19-11+. The van der Waals surface area contributed by atoms with Crippen LogP contribution in [-0.4, -0.2) is 26.8 Å². The second-order valence-electron chi connectivity index (χ2n) is 4.78. The molecule has 1 aromatic heterocycles. The number of para-hydroxylation sites is 1. The monoisotopic (exact) mass is 306 g/mol. The smallest absolute Gasteiger partial charge is 0.275 e. The molecule has 0 saturated heterocycles. The maximum atomic E-state index is 11.9.